The number of rotatable bonds is 19. The van der Waals surface area contributed by atoms with Crippen LogP contribution in [-0.2, 0) is 5.41 Å². The Morgan fingerprint density at radius 1 is 0.146 bits per heavy atom. The maximum absolute atomic E-state index is 2.47. The molecule has 0 saturated carbocycles. The van der Waals surface area contributed by atoms with Gasteiger partial charge in [0.2, 0.25) is 0 Å². The van der Waals surface area contributed by atoms with Crippen molar-refractivity contribution >= 4 is 271 Å². The van der Waals surface area contributed by atoms with Gasteiger partial charge in [-0.15, -0.1) is 56.7 Å². The van der Waals surface area contributed by atoms with Gasteiger partial charge >= 0.3 is 0 Å². The molecule has 5 heterocycles. The van der Waals surface area contributed by atoms with Crippen molar-refractivity contribution in [2.75, 3.05) is 29.4 Å². The molecule has 0 N–H and O–H groups in total. The molecule has 6 nitrogen and oxygen atoms in total. The first-order valence-corrected chi connectivity index (χ1v) is 53.0. The number of benzene rings is 22. The highest BCUT2D eigenvalue weighted by Gasteiger charge is 2.37. The van der Waals surface area contributed by atoms with Crippen molar-refractivity contribution < 1.29 is 0 Å². The van der Waals surface area contributed by atoms with Gasteiger partial charge in [0.25, 0.3) is 0 Å². The zero-order chi connectivity index (χ0) is 95.5. The van der Waals surface area contributed by atoms with E-state index in [9.17, 15) is 0 Å². The van der Waals surface area contributed by atoms with Gasteiger partial charge in [-0.1, -0.05) is 275 Å². The SMILES string of the molecule is CC1(C)c2ccccc2-c2ccc(N(c3ccc4c(c3)sc3ccc(N(c5ccccc5)c5ccc6sc7cc(N(c8ccccc8)c8ccccc8)ccc7c6c5)cc34)c3cccc4ccccc34)cc21.c1ccc(-c2ccc(N(c3ccc4sc5cc(N(c6ccccc6)c6ccccc6)ccc5c4c3)c3ccc4sc5cc(N(c6ccccc6)c6ccc7sc8ccccc8c7c6)ccc5c4c3)cc2)cc1. The number of hydrogen-bond donors (Lipinski definition) is 0. The molecule has 28 rings (SSSR count). The van der Waals surface area contributed by atoms with E-state index in [2.05, 4.69) is 553 Å². The maximum atomic E-state index is 2.47. The fourth-order valence-electron chi connectivity index (χ4n) is 21.8. The Hall–Kier alpha value is -17.0. The molecule has 11 heteroatoms. The molecule has 27 aromatic rings. The molecular weight excluding hydrogens is 1840 g/mol. The Labute approximate surface area is 855 Å². The number of nitrogens with zero attached hydrogens (tertiary/aromatic N) is 6. The van der Waals surface area contributed by atoms with Crippen LogP contribution in [0.5, 0.6) is 0 Å². The molecule has 0 saturated heterocycles. The molecule has 1 aliphatic carbocycles. The minimum absolute atomic E-state index is 0.117. The van der Waals surface area contributed by atoms with Crippen LogP contribution in [0.25, 0.3) is 134 Å². The lowest BCUT2D eigenvalue weighted by atomic mass is 9.82. The van der Waals surface area contributed by atoms with Crippen LogP contribution in [0, 0.1) is 0 Å². The van der Waals surface area contributed by atoms with Crippen LogP contribution in [0.2, 0.25) is 0 Å². The predicted octanol–water partition coefficient (Wildman–Crippen LogP) is 41.2. The number of thiophene rings is 5. The summed E-state index contributed by atoms with van der Waals surface area (Å²) in [6.45, 7) is 4.73. The second-order valence-electron chi connectivity index (χ2n) is 37.5. The summed E-state index contributed by atoms with van der Waals surface area (Å²) in [5.41, 5.74) is 28.1. The van der Waals surface area contributed by atoms with E-state index in [-0.39, 0.29) is 5.41 Å². The van der Waals surface area contributed by atoms with Crippen molar-refractivity contribution in [3.63, 3.8) is 0 Å². The third-order valence-corrected chi connectivity index (χ3v) is 34.3. The summed E-state index contributed by atoms with van der Waals surface area (Å²) in [5.74, 6) is 0. The van der Waals surface area contributed by atoms with Crippen LogP contribution in [0.15, 0.2) is 510 Å². The molecule has 0 fully saturated rings. The zero-order valence-electron chi connectivity index (χ0n) is 78.7. The second-order valence-corrected chi connectivity index (χ2v) is 42.9. The van der Waals surface area contributed by atoms with Crippen molar-refractivity contribution in [2.24, 2.45) is 0 Å². The largest absolute Gasteiger partial charge is 0.310 e. The van der Waals surface area contributed by atoms with Gasteiger partial charge in [0, 0.05) is 208 Å². The molecule has 0 unspecified atom stereocenters. The van der Waals surface area contributed by atoms with Crippen LogP contribution in [0.4, 0.5) is 102 Å². The van der Waals surface area contributed by atoms with Gasteiger partial charge in [0.15, 0.2) is 0 Å². The summed E-state index contributed by atoms with van der Waals surface area (Å²) in [6.07, 6.45) is 0. The van der Waals surface area contributed by atoms with E-state index in [4.69, 9.17) is 0 Å². The highest BCUT2D eigenvalue weighted by Crippen LogP contribution is 2.55. The first-order chi connectivity index (χ1) is 71.1. The highest BCUT2D eigenvalue weighted by molar-refractivity contribution is 7.27. The van der Waals surface area contributed by atoms with E-state index < -0.39 is 0 Å². The van der Waals surface area contributed by atoms with Crippen molar-refractivity contribution in [2.45, 2.75) is 19.3 Å². The first kappa shape index (κ1) is 86.1. The molecule has 22 aromatic carbocycles. The molecule has 0 atom stereocenters. The average molecular weight is 1930 g/mol. The first-order valence-electron chi connectivity index (χ1n) is 48.9. The van der Waals surface area contributed by atoms with Crippen LogP contribution in [-0.4, -0.2) is 0 Å². The van der Waals surface area contributed by atoms with Crippen LogP contribution in [0.3, 0.4) is 0 Å². The van der Waals surface area contributed by atoms with Gasteiger partial charge in [-0.25, -0.2) is 0 Å². The number of fused-ring (bicyclic) bond motifs is 19. The third-order valence-electron chi connectivity index (χ3n) is 28.6. The lowest BCUT2D eigenvalue weighted by molar-refractivity contribution is 0.660. The summed E-state index contributed by atoms with van der Waals surface area (Å²) >= 11 is 9.29. The summed E-state index contributed by atoms with van der Waals surface area (Å²) in [5, 5.41) is 15.1. The van der Waals surface area contributed by atoms with E-state index in [1.54, 1.807) is 0 Å². The van der Waals surface area contributed by atoms with Gasteiger partial charge < -0.3 is 29.4 Å². The molecule has 5 aromatic heterocycles. The molecule has 0 spiro atoms. The summed E-state index contributed by atoms with van der Waals surface area (Å²) in [7, 11) is 0. The number of para-hydroxylation sites is 6. The summed E-state index contributed by atoms with van der Waals surface area (Å²) < 4.78 is 12.7. The summed E-state index contributed by atoms with van der Waals surface area (Å²) in [6, 6.07) is 187. The lowest BCUT2D eigenvalue weighted by Gasteiger charge is -2.29. The van der Waals surface area contributed by atoms with Gasteiger partial charge in [-0.3, -0.25) is 0 Å². The fourth-order valence-corrected chi connectivity index (χ4v) is 27.3. The van der Waals surface area contributed by atoms with Crippen molar-refractivity contribution in [3.8, 4) is 22.3 Å². The molecule has 0 aliphatic heterocycles. The lowest BCUT2D eigenvalue weighted by Crippen LogP contribution is -2.16. The van der Waals surface area contributed by atoms with E-state index in [1.165, 1.54) is 151 Å². The van der Waals surface area contributed by atoms with Crippen LogP contribution in [0.1, 0.15) is 25.0 Å². The van der Waals surface area contributed by atoms with Gasteiger partial charge in [-0.05, 0) is 287 Å². The predicted molar refractivity (Wildman–Crippen MR) is 626 cm³/mol. The second kappa shape index (κ2) is 36.0. The summed E-state index contributed by atoms with van der Waals surface area (Å²) in [4.78, 5) is 14.4. The molecule has 1 aliphatic rings. The minimum atomic E-state index is -0.117. The maximum Gasteiger partial charge on any atom is 0.0540 e. The van der Waals surface area contributed by atoms with Crippen LogP contribution >= 0.6 is 56.7 Å². The fraction of sp³-hybridized carbons (Fsp3) is 0.0226. The topological polar surface area (TPSA) is 19.4 Å². The Balaban J connectivity index is 0.000000143. The van der Waals surface area contributed by atoms with E-state index in [0.717, 1.165) is 96.7 Å². The zero-order valence-corrected chi connectivity index (χ0v) is 82.8. The Morgan fingerprint density at radius 2 is 0.396 bits per heavy atom. The number of hydrogen-bond acceptors (Lipinski definition) is 11. The van der Waals surface area contributed by atoms with Gasteiger partial charge in [0.1, 0.15) is 0 Å². The third kappa shape index (κ3) is 15.3. The molecule has 0 radical (unpaired) electrons. The molecule has 0 amide bonds. The molecule has 0 bridgehead atoms. The normalized spacial score (nSPS) is 12.2. The Morgan fingerprint density at radius 3 is 0.792 bits per heavy atom. The van der Waals surface area contributed by atoms with Crippen LogP contribution < -0.4 is 29.4 Å². The van der Waals surface area contributed by atoms with Crippen molar-refractivity contribution in [1.29, 1.82) is 0 Å². The monoisotopic (exact) mass is 1930 g/mol. The van der Waals surface area contributed by atoms with Gasteiger partial charge in [0.05, 0.1) is 5.69 Å². The van der Waals surface area contributed by atoms with Crippen molar-refractivity contribution in [3.05, 3.63) is 521 Å². The average Bonchev–Trinajstić information content (AvgIpc) is 1.57. The smallest absolute Gasteiger partial charge is 0.0540 e. The van der Waals surface area contributed by atoms with E-state index >= 15 is 0 Å². The standard InChI is InChI=1S/C67H47N3S2.C66H43N3S3/c1-67(2)60-27-15-14-26-54(60)55-34-29-50(41-61(55)67)70(62-28-16-18-44-17-12-13-25-53(44)62)52-31-36-57-59-40-49(33-38-64(59)72-66(57)43-52)69(47-23-10-5-11-24-47)48-32-37-63-58(39-48)56-35-30-51(42-65(56)71-63)68(45-19-6-3-7-20-45)46-21-8-4-9-22-46;1-5-15-44(16-6-1)45-25-27-49(28-26-45)69(51-32-37-63-59(40-51)56-34-29-53(42-65(56)71-63)67(46-17-7-2-8-18-46)47-19-9-3-10-20-47)52-33-38-64-60(41-52)57-35-30-54(43-66(57)72-64)68(48-21-11-4-12-22-48)50-31-36-62-58(39-50)55-23-13-14-24-61(55)70-62/h3-43H,1-2H3;1-43H. The highest BCUT2D eigenvalue weighted by atomic mass is 32.1. The van der Waals surface area contributed by atoms with Gasteiger partial charge in [-0.2, -0.15) is 0 Å². The number of anilines is 18. The van der Waals surface area contributed by atoms with E-state index in [0.29, 0.717) is 0 Å². The quantitative estimate of drug-likeness (QED) is 0.0798. The molecule has 144 heavy (non-hydrogen) atoms. The Bertz CT molecular complexity index is 9510. The van der Waals surface area contributed by atoms with Crippen molar-refractivity contribution in [1.82, 2.24) is 0 Å². The minimum Gasteiger partial charge on any atom is -0.310 e. The Kier molecular flexibility index (Phi) is 21.5. The molecular formula is C133H90N6S5. The van der Waals surface area contributed by atoms with E-state index in [1.807, 2.05) is 56.7 Å². The molecule has 682 valence electrons.